The van der Waals surface area contributed by atoms with Crippen LogP contribution in [0.4, 0.5) is 13.2 Å². The molecule has 6 nitrogen and oxygen atoms in total. The molecule has 0 radical (unpaired) electrons. The van der Waals surface area contributed by atoms with Crippen molar-refractivity contribution >= 4 is 15.7 Å². The van der Waals surface area contributed by atoms with Gasteiger partial charge in [-0.3, -0.25) is 4.79 Å². The average Bonchev–Trinajstić information content (AvgIpc) is 2.75. The van der Waals surface area contributed by atoms with Crippen molar-refractivity contribution in [2.75, 3.05) is 18.1 Å². The lowest BCUT2D eigenvalue weighted by Crippen LogP contribution is -2.35. The van der Waals surface area contributed by atoms with Crippen molar-refractivity contribution in [2.24, 2.45) is 0 Å². The van der Waals surface area contributed by atoms with Gasteiger partial charge in [-0.2, -0.15) is 13.2 Å². The number of nitrogens with one attached hydrogen (secondary N) is 1. The quantitative estimate of drug-likeness (QED) is 0.883. The summed E-state index contributed by atoms with van der Waals surface area (Å²) in [5.74, 6) is -0.867. The van der Waals surface area contributed by atoms with Crippen molar-refractivity contribution in [3.8, 4) is 5.88 Å². The SMILES string of the molecule is O=C(NC1CCS(=O)(=O)C1)c1ccc(OCC(F)(F)F)nc1. The van der Waals surface area contributed by atoms with E-state index >= 15 is 0 Å². The Morgan fingerprint density at radius 1 is 1.41 bits per heavy atom. The van der Waals surface area contributed by atoms with Crippen LogP contribution in [0.3, 0.4) is 0 Å². The average molecular weight is 338 g/mol. The monoisotopic (exact) mass is 338 g/mol. The number of amides is 1. The van der Waals surface area contributed by atoms with Gasteiger partial charge in [-0.15, -0.1) is 0 Å². The fourth-order valence-electron chi connectivity index (χ4n) is 1.93. The Bertz CT molecular complexity index is 643. The lowest BCUT2D eigenvalue weighted by atomic mass is 10.2. The van der Waals surface area contributed by atoms with E-state index < -0.39 is 34.6 Å². The Labute approximate surface area is 124 Å². The highest BCUT2D eigenvalue weighted by Gasteiger charge is 2.30. The van der Waals surface area contributed by atoms with E-state index in [9.17, 15) is 26.4 Å². The first-order valence-electron chi connectivity index (χ1n) is 6.31. The molecular formula is C12H13F3N2O4S. The minimum absolute atomic E-state index is 0.0282. The lowest BCUT2D eigenvalue weighted by molar-refractivity contribution is -0.154. The van der Waals surface area contributed by atoms with Gasteiger partial charge in [0.1, 0.15) is 0 Å². The summed E-state index contributed by atoms with van der Waals surface area (Å²) in [5.41, 5.74) is 0.114. The largest absolute Gasteiger partial charge is 0.468 e. The first-order valence-corrected chi connectivity index (χ1v) is 8.14. The van der Waals surface area contributed by atoms with Gasteiger partial charge in [-0.25, -0.2) is 13.4 Å². The predicted octanol–water partition coefficient (Wildman–Crippen LogP) is 0.940. The molecule has 2 rings (SSSR count). The number of aromatic nitrogens is 1. The molecule has 1 N–H and O–H groups in total. The third kappa shape index (κ3) is 4.86. The Morgan fingerprint density at radius 2 is 2.14 bits per heavy atom. The second kappa shape index (κ2) is 6.11. The minimum atomic E-state index is -4.47. The maximum Gasteiger partial charge on any atom is 0.422 e. The van der Waals surface area contributed by atoms with Crippen LogP contribution in [-0.2, 0) is 9.84 Å². The van der Waals surface area contributed by atoms with Crippen LogP contribution < -0.4 is 10.1 Å². The highest BCUT2D eigenvalue weighted by molar-refractivity contribution is 7.91. The van der Waals surface area contributed by atoms with E-state index in [0.29, 0.717) is 6.42 Å². The maximum atomic E-state index is 12.0. The van der Waals surface area contributed by atoms with Gasteiger partial charge in [0, 0.05) is 18.3 Å². The fourth-order valence-corrected chi connectivity index (χ4v) is 3.61. The molecule has 0 aromatic carbocycles. The zero-order chi connectivity index (χ0) is 16.4. The minimum Gasteiger partial charge on any atom is -0.468 e. The van der Waals surface area contributed by atoms with E-state index in [-0.39, 0.29) is 22.9 Å². The standard InChI is InChI=1S/C12H13F3N2O4S/c13-12(14,15)7-21-10-2-1-8(5-16-10)11(18)17-9-3-4-22(19,20)6-9/h1-2,5,9H,3-4,6-7H2,(H,17,18). The van der Waals surface area contributed by atoms with E-state index in [2.05, 4.69) is 15.0 Å². The van der Waals surface area contributed by atoms with Crippen molar-refractivity contribution in [3.63, 3.8) is 0 Å². The number of alkyl halides is 3. The molecule has 122 valence electrons. The van der Waals surface area contributed by atoms with Crippen LogP contribution >= 0.6 is 0 Å². The molecule has 10 heteroatoms. The van der Waals surface area contributed by atoms with Crippen LogP contribution in [0.5, 0.6) is 5.88 Å². The normalized spacial score (nSPS) is 20.6. The number of pyridine rings is 1. The number of rotatable bonds is 4. The van der Waals surface area contributed by atoms with Crippen LogP contribution in [0.1, 0.15) is 16.8 Å². The van der Waals surface area contributed by atoms with Gasteiger partial charge in [0.15, 0.2) is 16.4 Å². The van der Waals surface area contributed by atoms with E-state index in [0.717, 1.165) is 12.3 Å². The number of nitrogens with zero attached hydrogens (tertiary/aromatic N) is 1. The van der Waals surface area contributed by atoms with Crippen molar-refractivity contribution in [1.82, 2.24) is 10.3 Å². The summed E-state index contributed by atoms with van der Waals surface area (Å²) in [6.45, 7) is -1.47. The summed E-state index contributed by atoms with van der Waals surface area (Å²) in [4.78, 5) is 15.5. The summed E-state index contributed by atoms with van der Waals surface area (Å²) < 4.78 is 62.9. The molecule has 2 heterocycles. The molecule has 0 bridgehead atoms. The number of halogens is 3. The summed E-state index contributed by atoms with van der Waals surface area (Å²) in [6, 6.07) is 1.95. The zero-order valence-electron chi connectivity index (χ0n) is 11.3. The van der Waals surface area contributed by atoms with Crippen LogP contribution in [0.25, 0.3) is 0 Å². The van der Waals surface area contributed by atoms with E-state index in [1.54, 1.807) is 0 Å². The molecule has 1 aromatic heterocycles. The first-order chi connectivity index (χ1) is 10.1. The molecule has 0 aliphatic carbocycles. The first kappa shape index (κ1) is 16.5. The highest BCUT2D eigenvalue weighted by Crippen LogP contribution is 2.17. The topological polar surface area (TPSA) is 85.4 Å². The molecule has 1 aromatic rings. The summed E-state index contributed by atoms with van der Waals surface area (Å²) in [5, 5.41) is 2.55. The third-order valence-electron chi connectivity index (χ3n) is 2.95. The molecule has 1 saturated heterocycles. The Balaban J connectivity index is 1.91. The summed E-state index contributed by atoms with van der Waals surface area (Å²) in [7, 11) is -3.11. The molecule has 1 unspecified atom stereocenters. The van der Waals surface area contributed by atoms with Gasteiger partial charge in [0.25, 0.3) is 5.91 Å². The summed E-state index contributed by atoms with van der Waals surface area (Å²) in [6.07, 6.45) is -3.05. The number of hydrogen-bond acceptors (Lipinski definition) is 5. The van der Waals surface area contributed by atoms with Crippen LogP contribution in [0.2, 0.25) is 0 Å². The van der Waals surface area contributed by atoms with Gasteiger partial charge in [-0.1, -0.05) is 0 Å². The smallest absolute Gasteiger partial charge is 0.422 e. The van der Waals surface area contributed by atoms with Crippen molar-refractivity contribution in [1.29, 1.82) is 0 Å². The molecule has 0 saturated carbocycles. The number of sulfone groups is 1. The van der Waals surface area contributed by atoms with Crippen LogP contribution in [-0.4, -0.2) is 49.6 Å². The molecule has 22 heavy (non-hydrogen) atoms. The number of carbonyl (C=O) groups is 1. The predicted molar refractivity (Wildman–Crippen MR) is 70.3 cm³/mol. The Morgan fingerprint density at radius 3 is 2.64 bits per heavy atom. The highest BCUT2D eigenvalue weighted by atomic mass is 32.2. The van der Waals surface area contributed by atoms with Gasteiger partial charge >= 0.3 is 6.18 Å². The van der Waals surface area contributed by atoms with Gasteiger partial charge in [-0.05, 0) is 12.5 Å². The number of ether oxygens (including phenoxy) is 1. The van der Waals surface area contributed by atoms with Gasteiger partial charge < -0.3 is 10.1 Å². The van der Waals surface area contributed by atoms with Gasteiger partial charge in [0.05, 0.1) is 17.1 Å². The molecule has 1 aliphatic heterocycles. The fraction of sp³-hybridized carbons (Fsp3) is 0.500. The van der Waals surface area contributed by atoms with E-state index in [4.69, 9.17) is 0 Å². The van der Waals surface area contributed by atoms with Crippen molar-refractivity contribution < 1.29 is 31.1 Å². The lowest BCUT2D eigenvalue weighted by Gasteiger charge is -2.11. The van der Waals surface area contributed by atoms with E-state index in [1.807, 2.05) is 0 Å². The van der Waals surface area contributed by atoms with Crippen LogP contribution in [0.15, 0.2) is 18.3 Å². The van der Waals surface area contributed by atoms with Gasteiger partial charge in [0.2, 0.25) is 5.88 Å². The summed E-state index contributed by atoms with van der Waals surface area (Å²) >= 11 is 0. The molecule has 1 atom stereocenters. The van der Waals surface area contributed by atoms with Crippen molar-refractivity contribution in [2.45, 2.75) is 18.6 Å². The van der Waals surface area contributed by atoms with E-state index in [1.165, 1.54) is 6.07 Å². The zero-order valence-corrected chi connectivity index (χ0v) is 12.1. The molecule has 1 aliphatic rings. The molecular weight excluding hydrogens is 325 g/mol. The second-order valence-electron chi connectivity index (χ2n) is 4.86. The Hall–Kier alpha value is -1.84. The van der Waals surface area contributed by atoms with Crippen LogP contribution in [0, 0.1) is 0 Å². The Kier molecular flexibility index (Phi) is 4.59. The second-order valence-corrected chi connectivity index (χ2v) is 7.09. The molecule has 1 fully saturated rings. The molecule has 1 amide bonds. The third-order valence-corrected chi connectivity index (χ3v) is 4.72. The maximum absolute atomic E-state index is 12.0. The van der Waals surface area contributed by atoms with Crippen molar-refractivity contribution in [3.05, 3.63) is 23.9 Å². The number of hydrogen-bond donors (Lipinski definition) is 1. The number of carbonyl (C=O) groups excluding carboxylic acids is 1. The molecule has 0 spiro atoms.